The summed E-state index contributed by atoms with van der Waals surface area (Å²) in [5.74, 6) is 1.10. The predicted octanol–water partition coefficient (Wildman–Crippen LogP) is 2.50. The molecular weight excluding hydrogens is 348 g/mol. The van der Waals surface area contributed by atoms with Crippen molar-refractivity contribution in [1.29, 1.82) is 0 Å². The normalized spacial score (nSPS) is 10.1. The molecule has 0 atom stereocenters. The van der Waals surface area contributed by atoms with Crippen molar-refractivity contribution in [2.45, 2.75) is 6.92 Å². The Balaban J connectivity index is 2.07. The van der Waals surface area contributed by atoms with Crippen molar-refractivity contribution in [2.75, 3.05) is 39.3 Å². The number of methoxy groups -OCH3 is 3. The molecule has 0 aromatic heterocycles. The van der Waals surface area contributed by atoms with Crippen LogP contribution < -0.4 is 24.4 Å². The monoisotopic (exact) mass is 372 g/mol. The molecule has 144 valence electrons. The molecule has 0 unspecified atom stereocenters. The summed E-state index contributed by atoms with van der Waals surface area (Å²) in [6, 6.07) is 12.3. The largest absolute Gasteiger partial charge is 0.497 e. The lowest BCUT2D eigenvalue weighted by Crippen LogP contribution is -2.37. The van der Waals surface area contributed by atoms with Gasteiger partial charge in [-0.1, -0.05) is 6.07 Å². The quantitative estimate of drug-likeness (QED) is 0.770. The highest BCUT2D eigenvalue weighted by Gasteiger charge is 2.18. The Bertz CT molecular complexity index is 767. The van der Waals surface area contributed by atoms with Gasteiger partial charge in [-0.25, -0.2) is 0 Å². The molecule has 0 fully saturated rings. The van der Waals surface area contributed by atoms with Crippen LogP contribution in [-0.4, -0.2) is 46.2 Å². The number of hydrogen-bond donors (Lipinski definition) is 1. The molecule has 7 heteroatoms. The zero-order chi connectivity index (χ0) is 19.8. The molecule has 0 aliphatic heterocycles. The maximum Gasteiger partial charge on any atom is 0.258 e. The summed E-state index contributed by atoms with van der Waals surface area (Å²) in [5, 5.41) is 2.81. The fraction of sp³-hybridized carbons (Fsp3) is 0.300. The van der Waals surface area contributed by atoms with Crippen molar-refractivity contribution in [1.82, 2.24) is 5.32 Å². The number of ether oxygens (including phenoxy) is 3. The van der Waals surface area contributed by atoms with E-state index in [-0.39, 0.29) is 18.4 Å². The van der Waals surface area contributed by atoms with Crippen molar-refractivity contribution < 1.29 is 23.8 Å². The highest BCUT2D eigenvalue weighted by Crippen LogP contribution is 2.28. The summed E-state index contributed by atoms with van der Waals surface area (Å²) in [4.78, 5) is 26.2. The minimum absolute atomic E-state index is 0.121. The molecule has 0 spiro atoms. The third-order valence-corrected chi connectivity index (χ3v) is 4.04. The minimum atomic E-state index is -0.331. The summed E-state index contributed by atoms with van der Waals surface area (Å²) in [6.45, 7) is 2.08. The van der Waals surface area contributed by atoms with Gasteiger partial charge in [-0.05, 0) is 36.4 Å². The number of hydrogen-bond acceptors (Lipinski definition) is 5. The molecule has 0 heterocycles. The van der Waals surface area contributed by atoms with Crippen LogP contribution in [0, 0.1) is 0 Å². The molecule has 2 rings (SSSR count). The standard InChI is InChI=1S/C20H24N2O5/c1-14(23)22(15-8-10-16(25-2)11-9-15)13-12-21-20(24)19-17(26-3)6-5-7-18(19)27-4/h5-11H,12-13H2,1-4H3,(H,21,24). The maximum atomic E-state index is 12.6. The average Bonchev–Trinajstić information content (AvgIpc) is 2.70. The van der Waals surface area contributed by atoms with Crippen molar-refractivity contribution in [3.05, 3.63) is 48.0 Å². The van der Waals surface area contributed by atoms with Crippen molar-refractivity contribution in [3.8, 4) is 17.2 Å². The number of benzene rings is 2. The van der Waals surface area contributed by atoms with Crippen LogP contribution >= 0.6 is 0 Å². The molecule has 0 saturated carbocycles. The van der Waals surface area contributed by atoms with Crippen molar-refractivity contribution >= 4 is 17.5 Å². The second-order valence-electron chi connectivity index (χ2n) is 5.66. The number of rotatable bonds is 8. The van der Waals surface area contributed by atoms with Gasteiger partial charge in [0.05, 0.1) is 21.3 Å². The average molecular weight is 372 g/mol. The molecule has 2 aromatic carbocycles. The van der Waals surface area contributed by atoms with Gasteiger partial charge in [0, 0.05) is 25.7 Å². The van der Waals surface area contributed by atoms with Crippen molar-refractivity contribution in [3.63, 3.8) is 0 Å². The van der Waals surface area contributed by atoms with Crippen LogP contribution in [0.15, 0.2) is 42.5 Å². The molecule has 1 N–H and O–H groups in total. The van der Waals surface area contributed by atoms with Crippen LogP contribution in [0.1, 0.15) is 17.3 Å². The van der Waals surface area contributed by atoms with Crippen LogP contribution in [0.4, 0.5) is 5.69 Å². The van der Waals surface area contributed by atoms with Gasteiger partial charge in [-0.2, -0.15) is 0 Å². The van der Waals surface area contributed by atoms with Gasteiger partial charge in [0.2, 0.25) is 5.91 Å². The molecule has 0 aliphatic carbocycles. The zero-order valence-electron chi connectivity index (χ0n) is 15.9. The van der Waals surface area contributed by atoms with Crippen LogP contribution in [0.5, 0.6) is 17.2 Å². The van der Waals surface area contributed by atoms with E-state index in [1.807, 2.05) is 0 Å². The molecule has 0 saturated heterocycles. The van der Waals surface area contributed by atoms with Gasteiger partial charge in [0.15, 0.2) is 0 Å². The number of anilines is 1. The summed E-state index contributed by atoms with van der Waals surface area (Å²) < 4.78 is 15.6. The van der Waals surface area contributed by atoms with Crippen LogP contribution in [-0.2, 0) is 4.79 Å². The van der Waals surface area contributed by atoms with E-state index >= 15 is 0 Å². The second-order valence-corrected chi connectivity index (χ2v) is 5.66. The fourth-order valence-electron chi connectivity index (χ4n) is 2.68. The lowest BCUT2D eigenvalue weighted by atomic mass is 10.1. The van der Waals surface area contributed by atoms with Gasteiger partial charge in [-0.15, -0.1) is 0 Å². The highest BCUT2D eigenvalue weighted by atomic mass is 16.5. The fourth-order valence-corrected chi connectivity index (χ4v) is 2.68. The molecule has 2 amide bonds. The Morgan fingerprint density at radius 1 is 0.926 bits per heavy atom. The Morgan fingerprint density at radius 3 is 2.00 bits per heavy atom. The minimum Gasteiger partial charge on any atom is -0.497 e. The number of carbonyl (C=O) groups excluding carboxylic acids is 2. The first-order valence-corrected chi connectivity index (χ1v) is 8.43. The molecule has 0 bridgehead atoms. The number of nitrogens with one attached hydrogen (secondary N) is 1. The molecule has 27 heavy (non-hydrogen) atoms. The SMILES string of the molecule is COc1ccc(N(CCNC(=O)c2c(OC)cccc2OC)C(C)=O)cc1. The Labute approximate surface area is 158 Å². The third-order valence-electron chi connectivity index (χ3n) is 4.04. The summed E-state index contributed by atoms with van der Waals surface area (Å²) in [5.41, 5.74) is 1.05. The number of carbonyl (C=O) groups is 2. The zero-order valence-corrected chi connectivity index (χ0v) is 15.9. The Morgan fingerprint density at radius 2 is 1.52 bits per heavy atom. The highest BCUT2D eigenvalue weighted by molar-refractivity contribution is 6.00. The van der Waals surface area contributed by atoms with E-state index in [0.29, 0.717) is 29.4 Å². The van der Waals surface area contributed by atoms with E-state index in [0.717, 1.165) is 5.69 Å². The van der Waals surface area contributed by atoms with Gasteiger partial charge in [0.1, 0.15) is 22.8 Å². The first-order valence-electron chi connectivity index (χ1n) is 8.43. The van der Waals surface area contributed by atoms with Crippen molar-refractivity contribution in [2.24, 2.45) is 0 Å². The van der Waals surface area contributed by atoms with Gasteiger partial charge in [-0.3, -0.25) is 9.59 Å². The number of amides is 2. The number of nitrogens with zero attached hydrogens (tertiary/aromatic N) is 1. The summed E-state index contributed by atoms with van der Waals surface area (Å²) >= 11 is 0. The van der Waals surface area contributed by atoms with E-state index in [9.17, 15) is 9.59 Å². The smallest absolute Gasteiger partial charge is 0.258 e. The Kier molecular flexibility index (Phi) is 7.05. The van der Waals surface area contributed by atoms with Gasteiger partial charge in [0.25, 0.3) is 5.91 Å². The van der Waals surface area contributed by atoms with Gasteiger partial charge >= 0.3 is 0 Å². The van der Waals surface area contributed by atoms with E-state index in [2.05, 4.69) is 5.32 Å². The first kappa shape index (κ1) is 20.1. The summed E-state index contributed by atoms with van der Waals surface area (Å²) in [6.07, 6.45) is 0. The first-order chi connectivity index (χ1) is 13.0. The van der Waals surface area contributed by atoms with Crippen LogP contribution in [0.3, 0.4) is 0 Å². The van der Waals surface area contributed by atoms with E-state index in [4.69, 9.17) is 14.2 Å². The van der Waals surface area contributed by atoms with Crippen LogP contribution in [0.2, 0.25) is 0 Å². The Hall–Kier alpha value is -3.22. The summed E-state index contributed by atoms with van der Waals surface area (Å²) in [7, 11) is 4.57. The van der Waals surface area contributed by atoms with E-state index in [1.54, 1.807) is 54.5 Å². The van der Waals surface area contributed by atoms with E-state index < -0.39 is 0 Å². The molecule has 0 aliphatic rings. The topological polar surface area (TPSA) is 77.1 Å². The molecule has 0 radical (unpaired) electrons. The van der Waals surface area contributed by atoms with Crippen LogP contribution in [0.25, 0.3) is 0 Å². The predicted molar refractivity (Wildman–Crippen MR) is 103 cm³/mol. The maximum absolute atomic E-state index is 12.6. The second kappa shape index (κ2) is 9.47. The lowest BCUT2D eigenvalue weighted by molar-refractivity contribution is -0.116. The van der Waals surface area contributed by atoms with Gasteiger partial charge < -0.3 is 24.4 Å². The van der Waals surface area contributed by atoms with E-state index in [1.165, 1.54) is 21.1 Å². The molecular formula is C20H24N2O5. The molecule has 7 nitrogen and oxygen atoms in total. The third kappa shape index (κ3) is 4.91. The lowest BCUT2D eigenvalue weighted by Gasteiger charge is -2.22. The molecule has 2 aromatic rings.